The lowest BCUT2D eigenvalue weighted by Crippen LogP contribution is -3.00. The molecule has 3 aromatic carbocycles. The first-order chi connectivity index (χ1) is 18.3. The first-order valence-corrected chi connectivity index (χ1v) is 14.4. The number of hydrogen-bond donors (Lipinski definition) is 2. The van der Waals surface area contributed by atoms with Crippen molar-refractivity contribution < 1.29 is 17.0 Å². The number of aromatic nitrogens is 2. The van der Waals surface area contributed by atoms with Crippen LogP contribution in [0.5, 0.6) is 0 Å². The number of nitrogen functional groups attached to an aromatic ring is 1. The second-order valence-corrected chi connectivity index (χ2v) is 10.3. The van der Waals surface area contributed by atoms with E-state index in [1.807, 2.05) is 0 Å². The highest BCUT2D eigenvalue weighted by molar-refractivity contribution is 5.73. The van der Waals surface area contributed by atoms with Gasteiger partial charge in [0, 0.05) is 6.54 Å². The topological polar surface area (TPSA) is 46.9 Å². The Morgan fingerprint density at radius 1 is 0.605 bits per heavy atom. The smallest absolute Gasteiger partial charge is 0.356 e. The monoisotopic (exact) mass is 532 g/mol. The maximum atomic E-state index is 6.66. The van der Waals surface area contributed by atoms with Crippen LogP contribution in [0.3, 0.4) is 0 Å². The van der Waals surface area contributed by atoms with E-state index in [1.165, 1.54) is 86.4 Å². The Hall–Kier alpha value is -2.82. The van der Waals surface area contributed by atoms with Crippen molar-refractivity contribution in [1.29, 1.82) is 0 Å². The van der Waals surface area contributed by atoms with E-state index in [9.17, 15) is 0 Å². The van der Waals surface area contributed by atoms with Gasteiger partial charge in [-0.3, -0.25) is 5.73 Å². The number of halogens is 1. The molecule has 4 aromatic rings. The molecule has 0 saturated heterocycles. The van der Waals surface area contributed by atoms with Crippen LogP contribution in [0.25, 0.3) is 11.0 Å². The van der Waals surface area contributed by atoms with Gasteiger partial charge in [0.05, 0.1) is 13.1 Å². The van der Waals surface area contributed by atoms with Crippen LogP contribution in [0.4, 0.5) is 5.95 Å². The van der Waals surface area contributed by atoms with E-state index in [-0.39, 0.29) is 12.4 Å². The fourth-order valence-electron chi connectivity index (χ4n) is 5.24. The molecule has 204 valence electrons. The molecule has 4 nitrogen and oxygen atoms in total. The molecule has 5 heteroatoms. The second kappa shape index (κ2) is 16.9. The summed E-state index contributed by atoms with van der Waals surface area (Å²) in [4.78, 5) is 0. The largest absolute Gasteiger partial charge is 1.00 e. The van der Waals surface area contributed by atoms with E-state index in [4.69, 9.17) is 5.73 Å². The first-order valence-electron chi connectivity index (χ1n) is 14.4. The van der Waals surface area contributed by atoms with Crippen LogP contribution in [0.2, 0.25) is 0 Å². The third-order valence-electron chi connectivity index (χ3n) is 7.36. The summed E-state index contributed by atoms with van der Waals surface area (Å²) < 4.78 is 4.57. The molecule has 38 heavy (non-hydrogen) atoms. The summed E-state index contributed by atoms with van der Waals surface area (Å²) >= 11 is 0. The van der Waals surface area contributed by atoms with E-state index in [0.29, 0.717) is 0 Å². The van der Waals surface area contributed by atoms with Crippen LogP contribution in [0.15, 0.2) is 84.9 Å². The normalized spacial score (nSPS) is 11.1. The van der Waals surface area contributed by atoms with Gasteiger partial charge < -0.3 is 17.7 Å². The molecule has 0 aliphatic carbocycles. The third kappa shape index (κ3) is 9.18. The number of nitrogens with one attached hydrogen (secondary N) is 1. The zero-order chi connectivity index (χ0) is 25.5. The number of hydrogen-bond acceptors (Lipinski definition) is 2. The third-order valence-corrected chi connectivity index (χ3v) is 7.36. The van der Waals surface area contributed by atoms with Crippen molar-refractivity contribution in [2.24, 2.45) is 0 Å². The molecule has 1 heterocycles. The number of unbranched alkanes of at least 4 members (excludes halogenated alkanes) is 9. The van der Waals surface area contributed by atoms with Gasteiger partial charge in [0.1, 0.15) is 11.0 Å². The Labute approximate surface area is 235 Å². The van der Waals surface area contributed by atoms with Crippen molar-refractivity contribution in [2.45, 2.75) is 83.8 Å². The molecule has 0 bridgehead atoms. The van der Waals surface area contributed by atoms with Crippen molar-refractivity contribution in [1.82, 2.24) is 9.88 Å². The summed E-state index contributed by atoms with van der Waals surface area (Å²) in [5.74, 6) is 0.861. The van der Waals surface area contributed by atoms with E-state index in [2.05, 4.69) is 99.4 Å². The highest BCUT2D eigenvalue weighted by atomic mass is 35.5. The molecular formula is C33H45ClN4. The number of imidazole rings is 1. The lowest BCUT2D eigenvalue weighted by molar-refractivity contribution is -0.648. The van der Waals surface area contributed by atoms with Gasteiger partial charge in [-0.25, -0.2) is 9.13 Å². The predicted octanol–water partition coefficient (Wildman–Crippen LogP) is 4.25. The second-order valence-electron chi connectivity index (χ2n) is 10.3. The predicted molar refractivity (Wildman–Crippen MR) is 156 cm³/mol. The number of nitrogens with two attached hydrogens (primary N) is 1. The molecule has 0 fully saturated rings. The number of benzene rings is 3. The Morgan fingerprint density at radius 3 is 1.79 bits per heavy atom. The molecule has 1 aromatic heterocycles. The Kier molecular flexibility index (Phi) is 13.2. The molecular weight excluding hydrogens is 488 g/mol. The molecule has 4 rings (SSSR count). The van der Waals surface area contributed by atoms with Gasteiger partial charge in [0.25, 0.3) is 0 Å². The highest BCUT2D eigenvalue weighted by Gasteiger charge is 2.20. The molecule has 0 spiro atoms. The zero-order valence-corrected chi connectivity index (χ0v) is 23.6. The minimum Gasteiger partial charge on any atom is -1.00 e. The number of aryl methyl sites for hydroxylation is 1. The van der Waals surface area contributed by atoms with E-state index >= 15 is 0 Å². The standard InChI is InChI=1S/C33H44N4.ClH/c34-33-36(31-23-15-16-24-32(31)37(33)28-30-21-13-10-14-22-30)26-18-8-6-4-2-1-3-5-7-17-25-35-27-29-19-11-9-12-20-29;/h9-16,19-24,34-35H,1-8,17-18,25-28H2;1H. The van der Waals surface area contributed by atoms with Crippen LogP contribution in [-0.2, 0) is 19.6 Å². The highest BCUT2D eigenvalue weighted by Crippen LogP contribution is 2.19. The number of nitrogens with zero attached hydrogens (tertiary/aromatic N) is 2. The number of fused-ring (bicyclic) bond motifs is 1. The maximum absolute atomic E-state index is 6.66. The van der Waals surface area contributed by atoms with Gasteiger partial charge in [0.15, 0.2) is 0 Å². The molecule has 0 radical (unpaired) electrons. The van der Waals surface area contributed by atoms with Crippen LogP contribution >= 0.6 is 0 Å². The molecule has 3 N–H and O–H groups in total. The van der Waals surface area contributed by atoms with Crippen LogP contribution in [0.1, 0.15) is 75.3 Å². The van der Waals surface area contributed by atoms with Gasteiger partial charge in [-0.2, -0.15) is 0 Å². The number of para-hydroxylation sites is 2. The SMILES string of the molecule is Nc1n(CCCCCCCCCCCCNCc2ccccc2)c2ccccc2[n+]1Cc1ccccc1.[Cl-]. The van der Waals surface area contributed by atoms with Crippen molar-refractivity contribution in [3.8, 4) is 0 Å². The summed E-state index contributed by atoms with van der Waals surface area (Å²) in [5, 5.41) is 3.56. The quantitative estimate of drug-likeness (QED) is 0.158. The molecule has 0 unspecified atom stereocenters. The summed E-state index contributed by atoms with van der Waals surface area (Å²) in [5.41, 5.74) is 11.8. The van der Waals surface area contributed by atoms with Gasteiger partial charge in [-0.1, -0.05) is 124 Å². The maximum Gasteiger partial charge on any atom is 0.356 e. The number of anilines is 1. The van der Waals surface area contributed by atoms with Crippen LogP contribution < -0.4 is 28.0 Å². The Morgan fingerprint density at radius 2 is 1.13 bits per heavy atom. The average molecular weight is 533 g/mol. The summed E-state index contributed by atoms with van der Waals surface area (Å²) in [6.45, 7) is 3.92. The molecule has 0 aliphatic rings. The Balaban J connectivity index is 0.00000400. The van der Waals surface area contributed by atoms with E-state index in [0.717, 1.165) is 32.1 Å². The Bertz CT molecular complexity index is 1170. The van der Waals surface area contributed by atoms with Gasteiger partial charge in [0.2, 0.25) is 0 Å². The summed E-state index contributed by atoms with van der Waals surface area (Å²) in [6, 6.07) is 29.9. The van der Waals surface area contributed by atoms with Crippen LogP contribution in [0, 0.1) is 0 Å². The van der Waals surface area contributed by atoms with Crippen molar-refractivity contribution in [3.63, 3.8) is 0 Å². The lowest BCUT2D eigenvalue weighted by atomic mass is 10.1. The van der Waals surface area contributed by atoms with E-state index in [1.54, 1.807) is 0 Å². The van der Waals surface area contributed by atoms with Gasteiger partial charge in [-0.15, -0.1) is 0 Å². The molecule has 0 aliphatic heterocycles. The van der Waals surface area contributed by atoms with Gasteiger partial charge in [-0.05, 0) is 42.6 Å². The molecule has 0 atom stereocenters. The minimum absolute atomic E-state index is 0. The fraction of sp³-hybridized carbons (Fsp3) is 0.424. The average Bonchev–Trinajstić information content (AvgIpc) is 3.20. The van der Waals surface area contributed by atoms with Crippen molar-refractivity contribution >= 4 is 17.0 Å². The van der Waals surface area contributed by atoms with Crippen LogP contribution in [-0.4, -0.2) is 11.1 Å². The van der Waals surface area contributed by atoms with Gasteiger partial charge >= 0.3 is 5.95 Å². The first kappa shape index (κ1) is 29.7. The van der Waals surface area contributed by atoms with E-state index < -0.39 is 0 Å². The lowest BCUT2D eigenvalue weighted by Gasteiger charge is -2.05. The minimum atomic E-state index is 0. The number of rotatable bonds is 17. The van der Waals surface area contributed by atoms with Crippen molar-refractivity contribution in [3.05, 3.63) is 96.1 Å². The van der Waals surface area contributed by atoms with Crippen molar-refractivity contribution in [2.75, 3.05) is 12.3 Å². The molecule has 0 saturated carbocycles. The molecule has 0 amide bonds. The summed E-state index contributed by atoms with van der Waals surface area (Å²) in [6.07, 6.45) is 13.3. The zero-order valence-electron chi connectivity index (χ0n) is 22.8. The fourth-order valence-corrected chi connectivity index (χ4v) is 5.24. The summed E-state index contributed by atoms with van der Waals surface area (Å²) in [7, 11) is 0.